The van der Waals surface area contributed by atoms with Gasteiger partial charge in [-0.2, -0.15) is 0 Å². The second-order valence-corrected chi connectivity index (χ2v) is 20.8. The van der Waals surface area contributed by atoms with Crippen molar-refractivity contribution in [3.8, 4) is 11.5 Å². The van der Waals surface area contributed by atoms with Crippen LogP contribution in [-0.2, 0) is 10.0 Å². The number of carbonyl (C=O) groups excluding carboxylic acids is 1. The Morgan fingerprint density at radius 1 is 1.03 bits per heavy atom. The number of aliphatic hydroxyl groups is 1. The normalized spacial score (nSPS) is 22.3. The minimum atomic E-state index is -4.77. The molecule has 1 amide bonds. The first-order valence-electron chi connectivity index (χ1n) is 22.5. The van der Waals surface area contributed by atoms with Crippen LogP contribution < -0.4 is 19.7 Å². The fourth-order valence-corrected chi connectivity index (χ4v) is 12.2. The highest BCUT2D eigenvalue weighted by Crippen LogP contribution is 2.54. The van der Waals surface area contributed by atoms with Crippen molar-refractivity contribution in [1.82, 2.24) is 34.5 Å². The molecular formula is C47H54N10O7S. The maximum atomic E-state index is 14.1. The number of pyridine rings is 2. The fraction of sp³-hybridized carbons (Fsp3) is 0.447. The van der Waals surface area contributed by atoms with Crippen LogP contribution in [0.1, 0.15) is 106 Å². The van der Waals surface area contributed by atoms with Crippen LogP contribution in [0, 0.1) is 21.4 Å². The number of hydrogen-bond acceptors (Lipinski definition) is 13. The van der Waals surface area contributed by atoms with Crippen molar-refractivity contribution < 1.29 is 28.0 Å². The number of benzene rings is 2. The van der Waals surface area contributed by atoms with Gasteiger partial charge >= 0.3 is 0 Å². The number of rotatable bonds is 13. The number of anilines is 2. The zero-order valence-corrected chi connectivity index (χ0v) is 37.5. The lowest BCUT2D eigenvalue weighted by atomic mass is 9.60. The largest absolute Gasteiger partial charge is 0.455 e. The van der Waals surface area contributed by atoms with Gasteiger partial charge in [0.1, 0.15) is 44.6 Å². The Hall–Kier alpha value is -6.11. The molecule has 1 spiro atoms. The first-order chi connectivity index (χ1) is 31.2. The number of nitrogens with one attached hydrogen (secondary N) is 4. The van der Waals surface area contributed by atoms with Gasteiger partial charge in [0.25, 0.3) is 21.6 Å². The number of sulfonamides is 1. The van der Waals surface area contributed by atoms with Gasteiger partial charge in [0.2, 0.25) is 0 Å². The number of aromatic amines is 2. The van der Waals surface area contributed by atoms with E-state index in [4.69, 9.17) is 4.74 Å². The van der Waals surface area contributed by atoms with Gasteiger partial charge in [-0.15, -0.1) is 0 Å². The fourth-order valence-electron chi connectivity index (χ4n) is 11.0. The number of carbonyl (C=O) groups is 1. The van der Waals surface area contributed by atoms with Crippen LogP contribution in [-0.4, -0.2) is 92.0 Å². The Bertz CT molecular complexity index is 2910. The molecule has 18 heteroatoms. The molecule has 340 valence electrons. The number of ether oxygens (including phenoxy) is 1. The molecule has 2 saturated heterocycles. The van der Waals surface area contributed by atoms with E-state index in [1.54, 1.807) is 25.3 Å². The van der Waals surface area contributed by atoms with Crippen LogP contribution in [0.5, 0.6) is 11.5 Å². The van der Waals surface area contributed by atoms with Gasteiger partial charge in [0, 0.05) is 61.6 Å². The average molecular weight is 903 g/mol. The second-order valence-electron chi connectivity index (χ2n) is 19.2. The lowest BCUT2D eigenvalue weighted by Gasteiger charge is -2.56. The summed E-state index contributed by atoms with van der Waals surface area (Å²) in [5.74, 6) is 0.480. The summed E-state index contributed by atoms with van der Waals surface area (Å²) < 4.78 is 36.6. The summed E-state index contributed by atoms with van der Waals surface area (Å²) in [6.07, 6.45) is 13.6. The van der Waals surface area contributed by atoms with E-state index in [9.17, 15) is 28.4 Å². The van der Waals surface area contributed by atoms with E-state index in [1.807, 2.05) is 6.07 Å². The van der Waals surface area contributed by atoms with Crippen molar-refractivity contribution in [1.29, 1.82) is 0 Å². The number of imidazole rings is 1. The van der Waals surface area contributed by atoms with Gasteiger partial charge in [-0.1, -0.05) is 38.1 Å². The van der Waals surface area contributed by atoms with E-state index in [1.165, 1.54) is 55.5 Å². The quantitative estimate of drug-likeness (QED) is 0.0549. The van der Waals surface area contributed by atoms with E-state index in [0.29, 0.717) is 54.6 Å². The van der Waals surface area contributed by atoms with E-state index in [0.717, 1.165) is 43.9 Å². The molecule has 4 aromatic heterocycles. The lowest BCUT2D eigenvalue weighted by Crippen LogP contribution is -2.55. The molecule has 0 unspecified atom stereocenters. The Kier molecular flexibility index (Phi) is 10.8. The molecule has 10 rings (SSSR count). The smallest absolute Gasteiger partial charge is 0.296 e. The molecule has 2 saturated carbocycles. The summed E-state index contributed by atoms with van der Waals surface area (Å²) in [6.45, 7) is 9.27. The number of amides is 1. The third-order valence-electron chi connectivity index (χ3n) is 14.3. The number of nitro groups is 1. The van der Waals surface area contributed by atoms with Gasteiger partial charge in [0.15, 0.2) is 0 Å². The molecule has 65 heavy (non-hydrogen) atoms. The van der Waals surface area contributed by atoms with Crippen molar-refractivity contribution in [3.63, 3.8) is 0 Å². The predicted molar refractivity (Wildman–Crippen MR) is 246 cm³/mol. The molecule has 2 aliphatic carbocycles. The van der Waals surface area contributed by atoms with Gasteiger partial charge < -0.3 is 30.0 Å². The molecule has 4 fully saturated rings. The minimum Gasteiger partial charge on any atom is -0.455 e. The highest BCUT2D eigenvalue weighted by Gasteiger charge is 2.50. The SMILES string of the molecule is CC(C)c1ccccc1[C@@H]1CCCN1C1CC2(CCN(c3cc(Oc4cnc5[nH]ccc5c4)c(C(=O)NS(=O)(=O)c4cc([N+](=O)[O-])c(NCC5CC(C)(O)C5)c5[nH]cnc45)cn3)CC2)C1. The maximum Gasteiger partial charge on any atom is 0.296 e. The van der Waals surface area contributed by atoms with Crippen LogP contribution in [0.2, 0.25) is 0 Å². The number of H-pyrrole nitrogens is 2. The first kappa shape index (κ1) is 42.8. The molecule has 0 bridgehead atoms. The van der Waals surface area contributed by atoms with Gasteiger partial charge in [-0.3, -0.25) is 19.8 Å². The summed E-state index contributed by atoms with van der Waals surface area (Å²) in [7, 11) is -4.77. The van der Waals surface area contributed by atoms with Gasteiger partial charge in [-0.25, -0.2) is 28.1 Å². The molecule has 0 radical (unpaired) electrons. The number of fused-ring (bicyclic) bond motifs is 2. The maximum absolute atomic E-state index is 14.1. The topological polar surface area (TPSA) is 225 Å². The van der Waals surface area contributed by atoms with Crippen LogP contribution in [0.15, 0.2) is 78.3 Å². The number of nitro benzene ring substituents is 1. The molecule has 6 heterocycles. The summed E-state index contributed by atoms with van der Waals surface area (Å²) >= 11 is 0. The highest BCUT2D eigenvalue weighted by atomic mass is 32.2. The molecule has 2 aliphatic heterocycles. The average Bonchev–Trinajstić information content (AvgIpc) is 4.05. The lowest BCUT2D eigenvalue weighted by molar-refractivity contribution is -0.384. The van der Waals surface area contributed by atoms with Crippen LogP contribution >= 0.6 is 0 Å². The molecule has 1 atom stereocenters. The summed E-state index contributed by atoms with van der Waals surface area (Å²) in [6, 6.07) is 16.1. The zero-order chi connectivity index (χ0) is 45.3. The number of likely N-dealkylation sites (tertiary alicyclic amines) is 1. The summed E-state index contributed by atoms with van der Waals surface area (Å²) in [5, 5.41) is 26.4. The monoisotopic (exact) mass is 902 g/mol. The third-order valence-corrected chi connectivity index (χ3v) is 15.7. The number of nitrogens with zero attached hydrogens (tertiary/aromatic N) is 6. The summed E-state index contributed by atoms with van der Waals surface area (Å²) in [4.78, 5) is 49.4. The number of piperidine rings is 1. The zero-order valence-electron chi connectivity index (χ0n) is 36.7. The number of aromatic nitrogens is 5. The van der Waals surface area contributed by atoms with E-state index in [2.05, 4.69) is 82.9 Å². The third kappa shape index (κ3) is 8.16. The predicted octanol–water partition coefficient (Wildman–Crippen LogP) is 7.94. The van der Waals surface area contributed by atoms with Crippen molar-refractivity contribution >= 4 is 55.2 Å². The van der Waals surface area contributed by atoms with Crippen molar-refractivity contribution in [2.75, 3.05) is 36.4 Å². The van der Waals surface area contributed by atoms with E-state index < -0.39 is 37.0 Å². The van der Waals surface area contributed by atoms with E-state index >= 15 is 0 Å². The standard InChI is InChI=1S/C47H54N10O7S/c1-28(2)33-7-4-5-8-34(33)36-9-6-14-56(36)31-22-47(23-31)11-15-55(16-12-47)40-19-38(64-32-17-30-10-13-48-44(30)51-25-32)35(26-49-40)45(58)54-65(62,63)39-18-37(57(60)61)41(43-42(39)52-27-53-43)50-24-29-20-46(3,59)21-29/h4-5,7-8,10,13,17-19,25-29,31,36,50,59H,6,9,11-12,14-16,20-24H2,1-3H3,(H,48,51)(H,52,53)(H,54,58)/t29?,36-,46?/m0/s1. The molecule has 4 aliphatic rings. The minimum absolute atomic E-state index is 0.0621. The Labute approximate surface area is 376 Å². The van der Waals surface area contributed by atoms with Crippen LogP contribution in [0.4, 0.5) is 17.2 Å². The molecule has 6 aromatic rings. The van der Waals surface area contributed by atoms with E-state index in [-0.39, 0.29) is 39.4 Å². The number of hydrogen-bond donors (Lipinski definition) is 5. The Balaban J connectivity index is 0.875. The molecule has 5 N–H and O–H groups in total. The molecule has 17 nitrogen and oxygen atoms in total. The van der Waals surface area contributed by atoms with Crippen LogP contribution in [0.3, 0.4) is 0 Å². The van der Waals surface area contributed by atoms with Gasteiger partial charge in [-0.05, 0) is 105 Å². The molecular weight excluding hydrogens is 849 g/mol. The second kappa shape index (κ2) is 16.4. The highest BCUT2D eigenvalue weighted by molar-refractivity contribution is 7.90. The van der Waals surface area contributed by atoms with Crippen molar-refractivity contribution in [2.24, 2.45) is 11.3 Å². The van der Waals surface area contributed by atoms with Crippen LogP contribution in [0.25, 0.3) is 22.1 Å². The van der Waals surface area contributed by atoms with Crippen molar-refractivity contribution in [3.05, 3.63) is 100 Å². The summed E-state index contributed by atoms with van der Waals surface area (Å²) in [5.41, 5.74) is 2.44. The van der Waals surface area contributed by atoms with Crippen molar-refractivity contribution in [2.45, 2.75) is 101 Å². The Morgan fingerprint density at radius 3 is 2.57 bits per heavy atom. The van der Waals surface area contributed by atoms with Gasteiger partial charge in [0.05, 0.1) is 28.6 Å². The Morgan fingerprint density at radius 2 is 1.82 bits per heavy atom. The molecule has 2 aromatic carbocycles. The first-order valence-corrected chi connectivity index (χ1v) is 24.0.